The summed E-state index contributed by atoms with van der Waals surface area (Å²) in [5, 5.41) is 5.94. The van der Waals surface area contributed by atoms with Gasteiger partial charge in [-0.1, -0.05) is 20.8 Å². The quantitative estimate of drug-likeness (QED) is 0.878. The van der Waals surface area contributed by atoms with Gasteiger partial charge < -0.3 is 10.6 Å². The molecule has 0 saturated heterocycles. The van der Waals surface area contributed by atoms with E-state index >= 15 is 0 Å². The number of amides is 1. The highest BCUT2D eigenvalue weighted by atomic mass is 79.9. The first kappa shape index (κ1) is 15.1. The van der Waals surface area contributed by atoms with Crippen molar-refractivity contribution in [1.29, 1.82) is 0 Å². The third-order valence-electron chi connectivity index (χ3n) is 3.04. The number of rotatable bonds is 5. The van der Waals surface area contributed by atoms with E-state index in [9.17, 15) is 4.79 Å². The lowest BCUT2D eigenvalue weighted by Gasteiger charge is -2.21. The lowest BCUT2D eigenvalue weighted by Crippen LogP contribution is -2.30. The molecular formula is C13H20BrN3O. The topological polar surface area (TPSA) is 54.0 Å². The molecule has 0 unspecified atom stereocenters. The summed E-state index contributed by atoms with van der Waals surface area (Å²) in [4.78, 5) is 16.2. The lowest BCUT2D eigenvalue weighted by atomic mass is 9.89. The first-order valence-electron chi connectivity index (χ1n) is 6.01. The van der Waals surface area contributed by atoms with Gasteiger partial charge in [-0.05, 0) is 41.0 Å². The molecule has 0 aliphatic carbocycles. The Morgan fingerprint density at radius 2 is 2.17 bits per heavy atom. The fraction of sp³-hybridized carbons (Fsp3) is 0.538. The second-order valence-corrected chi connectivity index (χ2v) is 5.74. The standard InChI is InChI=1S/C13H20BrN3O/c1-5-13(2,3)12(18)17-11-6-9(7-15-4)10(14)8-16-11/h6,8,15H,5,7H2,1-4H3,(H,16,17,18). The van der Waals surface area contributed by atoms with E-state index in [2.05, 4.69) is 31.5 Å². The van der Waals surface area contributed by atoms with E-state index in [-0.39, 0.29) is 11.3 Å². The van der Waals surface area contributed by atoms with Gasteiger partial charge >= 0.3 is 0 Å². The van der Waals surface area contributed by atoms with Crippen molar-refractivity contribution in [3.63, 3.8) is 0 Å². The van der Waals surface area contributed by atoms with Crippen molar-refractivity contribution >= 4 is 27.7 Å². The number of carbonyl (C=O) groups is 1. The number of halogens is 1. The van der Waals surface area contributed by atoms with Crippen molar-refractivity contribution in [2.45, 2.75) is 33.7 Å². The maximum absolute atomic E-state index is 12.0. The molecule has 18 heavy (non-hydrogen) atoms. The highest BCUT2D eigenvalue weighted by Crippen LogP contribution is 2.23. The number of anilines is 1. The normalized spacial score (nSPS) is 11.4. The van der Waals surface area contributed by atoms with E-state index in [1.165, 1.54) is 0 Å². The van der Waals surface area contributed by atoms with Crippen LogP contribution in [0.1, 0.15) is 32.8 Å². The minimum Gasteiger partial charge on any atom is -0.316 e. The molecule has 1 aromatic rings. The number of nitrogens with zero attached hydrogens (tertiary/aromatic N) is 1. The van der Waals surface area contributed by atoms with Gasteiger partial charge in [-0.2, -0.15) is 0 Å². The fourth-order valence-electron chi connectivity index (χ4n) is 1.32. The predicted molar refractivity (Wildman–Crippen MR) is 77.4 cm³/mol. The van der Waals surface area contributed by atoms with Gasteiger partial charge in [-0.25, -0.2) is 4.98 Å². The van der Waals surface area contributed by atoms with Crippen LogP contribution >= 0.6 is 15.9 Å². The molecule has 5 heteroatoms. The summed E-state index contributed by atoms with van der Waals surface area (Å²) >= 11 is 3.44. The van der Waals surface area contributed by atoms with Crippen molar-refractivity contribution in [3.8, 4) is 0 Å². The Kier molecular flexibility index (Phi) is 5.28. The molecule has 0 bridgehead atoms. The third kappa shape index (κ3) is 3.78. The summed E-state index contributed by atoms with van der Waals surface area (Å²) in [5.74, 6) is 0.588. The Morgan fingerprint density at radius 3 is 2.72 bits per heavy atom. The highest BCUT2D eigenvalue weighted by molar-refractivity contribution is 9.10. The fourth-order valence-corrected chi connectivity index (χ4v) is 1.68. The van der Waals surface area contributed by atoms with Crippen LogP contribution in [-0.2, 0) is 11.3 Å². The number of hydrogen-bond acceptors (Lipinski definition) is 3. The molecule has 1 aromatic heterocycles. The second-order valence-electron chi connectivity index (χ2n) is 4.88. The minimum atomic E-state index is -0.377. The van der Waals surface area contributed by atoms with Crippen LogP contribution in [0.3, 0.4) is 0 Å². The number of aromatic nitrogens is 1. The van der Waals surface area contributed by atoms with Crippen LogP contribution in [0, 0.1) is 5.41 Å². The molecule has 100 valence electrons. The van der Waals surface area contributed by atoms with Crippen molar-refractivity contribution in [1.82, 2.24) is 10.3 Å². The summed E-state index contributed by atoms with van der Waals surface area (Å²) in [6, 6.07) is 1.88. The number of hydrogen-bond donors (Lipinski definition) is 2. The molecule has 1 rings (SSSR count). The zero-order chi connectivity index (χ0) is 13.8. The van der Waals surface area contributed by atoms with Gasteiger partial charge in [0, 0.05) is 22.6 Å². The van der Waals surface area contributed by atoms with Gasteiger partial charge in [0.2, 0.25) is 5.91 Å². The summed E-state index contributed by atoms with van der Waals surface area (Å²) < 4.78 is 0.935. The van der Waals surface area contributed by atoms with Crippen LogP contribution in [0.15, 0.2) is 16.7 Å². The molecule has 1 amide bonds. The third-order valence-corrected chi connectivity index (χ3v) is 3.76. The number of nitrogens with one attached hydrogen (secondary N) is 2. The molecule has 1 heterocycles. The summed E-state index contributed by atoms with van der Waals surface area (Å²) in [6.45, 7) is 6.58. The number of carbonyl (C=O) groups excluding carboxylic acids is 1. The maximum atomic E-state index is 12.0. The average Bonchev–Trinajstić information content (AvgIpc) is 2.33. The van der Waals surface area contributed by atoms with Crippen molar-refractivity contribution in [2.75, 3.05) is 12.4 Å². The predicted octanol–water partition coefficient (Wildman–Crippen LogP) is 2.94. The van der Waals surface area contributed by atoms with Crippen LogP contribution in [-0.4, -0.2) is 17.9 Å². The van der Waals surface area contributed by atoms with Crippen LogP contribution in [0.2, 0.25) is 0 Å². The molecule has 4 nitrogen and oxygen atoms in total. The Labute approximate surface area is 117 Å². The van der Waals surface area contributed by atoms with Crippen molar-refractivity contribution in [2.24, 2.45) is 5.41 Å². The summed E-state index contributed by atoms with van der Waals surface area (Å²) in [5.41, 5.74) is 0.690. The van der Waals surface area contributed by atoms with Gasteiger partial charge in [-0.3, -0.25) is 4.79 Å². The van der Waals surface area contributed by atoms with Gasteiger partial charge in [0.1, 0.15) is 5.82 Å². The van der Waals surface area contributed by atoms with Crippen molar-refractivity contribution < 1.29 is 4.79 Å². The van der Waals surface area contributed by atoms with Crippen LogP contribution in [0.4, 0.5) is 5.82 Å². The molecule has 0 aromatic carbocycles. The zero-order valence-corrected chi connectivity index (χ0v) is 12.9. The Hall–Kier alpha value is -0.940. The monoisotopic (exact) mass is 313 g/mol. The molecule has 0 aliphatic heterocycles. The lowest BCUT2D eigenvalue weighted by molar-refractivity contribution is -0.124. The van der Waals surface area contributed by atoms with E-state index in [0.29, 0.717) is 5.82 Å². The van der Waals surface area contributed by atoms with E-state index in [1.54, 1.807) is 6.20 Å². The highest BCUT2D eigenvalue weighted by Gasteiger charge is 2.25. The Morgan fingerprint density at radius 1 is 1.50 bits per heavy atom. The van der Waals surface area contributed by atoms with E-state index in [0.717, 1.165) is 23.0 Å². The van der Waals surface area contributed by atoms with Gasteiger partial charge in [0.25, 0.3) is 0 Å². The van der Waals surface area contributed by atoms with Crippen LogP contribution < -0.4 is 10.6 Å². The number of pyridine rings is 1. The molecule has 2 N–H and O–H groups in total. The van der Waals surface area contributed by atoms with E-state index in [4.69, 9.17) is 0 Å². The second kappa shape index (κ2) is 6.29. The summed E-state index contributed by atoms with van der Waals surface area (Å²) in [7, 11) is 1.88. The van der Waals surface area contributed by atoms with Crippen LogP contribution in [0.25, 0.3) is 0 Å². The van der Waals surface area contributed by atoms with Gasteiger partial charge in [-0.15, -0.1) is 0 Å². The first-order chi connectivity index (χ1) is 8.40. The van der Waals surface area contributed by atoms with Gasteiger partial charge in [0.15, 0.2) is 0 Å². The molecule has 0 aliphatic rings. The SMILES string of the molecule is CCC(C)(C)C(=O)Nc1cc(CNC)c(Br)cn1. The summed E-state index contributed by atoms with van der Waals surface area (Å²) in [6.07, 6.45) is 2.50. The molecule has 0 atom stereocenters. The Bertz CT molecular complexity index is 432. The largest absolute Gasteiger partial charge is 0.316 e. The molecule has 0 saturated carbocycles. The van der Waals surface area contributed by atoms with Crippen LogP contribution in [0.5, 0.6) is 0 Å². The van der Waals surface area contributed by atoms with Crippen molar-refractivity contribution in [3.05, 3.63) is 22.3 Å². The van der Waals surface area contributed by atoms with E-state index < -0.39 is 0 Å². The van der Waals surface area contributed by atoms with E-state index in [1.807, 2.05) is 33.9 Å². The molecule has 0 spiro atoms. The average molecular weight is 314 g/mol. The zero-order valence-electron chi connectivity index (χ0n) is 11.3. The molecular weight excluding hydrogens is 294 g/mol. The molecule has 0 fully saturated rings. The maximum Gasteiger partial charge on any atom is 0.231 e. The smallest absolute Gasteiger partial charge is 0.231 e. The first-order valence-corrected chi connectivity index (χ1v) is 6.80. The molecule has 0 radical (unpaired) electrons. The minimum absolute atomic E-state index is 0.00442. The Balaban J connectivity index is 2.85. The van der Waals surface area contributed by atoms with Gasteiger partial charge in [0.05, 0.1) is 0 Å².